The van der Waals surface area contributed by atoms with Gasteiger partial charge in [-0.2, -0.15) is 0 Å². The van der Waals surface area contributed by atoms with Gasteiger partial charge in [0.1, 0.15) is 21.0 Å². The summed E-state index contributed by atoms with van der Waals surface area (Å²) in [5, 5.41) is 8.39. The number of carbonyl (C=O) groups excluding carboxylic acids is 1. The molecule has 0 atom stereocenters. The first kappa shape index (κ1) is 55.7. The Balaban J connectivity index is 0.000000114. The summed E-state index contributed by atoms with van der Waals surface area (Å²) in [4.78, 5) is 20.5. The molecule has 4 bridgehead atoms. The fourth-order valence-corrected chi connectivity index (χ4v) is 16.3. The molecule has 0 unspecified atom stereocenters. The standard InChI is InChI=1S/2C18H15P.C14H12BrN3O.C13H10BrIN2.2ClH.Pd/c2*1-4-10-16(11-5-1)19(17-12-6-2-7-13-17)18-14-8-3-9-15-18;15-8-1-2-10-7-3-9(4-7)18-6-12(13(16)19)17-14(18)11(10)5-8;14-8-1-2-10-7-3-9(4-7)17-6-12(15)16-13(17)11(10)5-8;;;/h2*1-15H;1-2,5-7,9H,3-4H2,(H2,16,19);1-2,5-7,9H,3-4H2;2*1H;/q;;;;;;+2/p-2. The van der Waals surface area contributed by atoms with Gasteiger partial charge in [-0.05, 0) is 143 Å². The molecular weight excluding hydrogens is 1370 g/mol. The molecule has 4 aliphatic heterocycles. The van der Waals surface area contributed by atoms with E-state index >= 15 is 0 Å². The number of nitrogens with zero attached hydrogens (tertiary/aromatic N) is 4. The molecule has 1 amide bonds. The van der Waals surface area contributed by atoms with Crippen molar-refractivity contribution >= 4 is 127 Å². The molecule has 16 rings (SSSR count). The topological polar surface area (TPSA) is 78.7 Å². The second-order valence-electron chi connectivity index (χ2n) is 18.9. The summed E-state index contributed by atoms with van der Waals surface area (Å²) >= 11 is 9.28. The minimum atomic E-state index is -0.465. The van der Waals surface area contributed by atoms with Gasteiger partial charge >= 0.3 is 35.0 Å². The average Bonchev–Trinajstić information content (AvgIpc) is 3.95. The van der Waals surface area contributed by atoms with E-state index in [4.69, 9.17) is 29.8 Å². The molecule has 2 aromatic heterocycles. The van der Waals surface area contributed by atoms with E-state index in [-0.39, 0.29) is 15.9 Å². The number of carbonyl (C=O) groups is 1. The predicted molar refractivity (Wildman–Crippen MR) is 336 cm³/mol. The smallest absolute Gasteiger partial charge is 0.0134 e. The van der Waals surface area contributed by atoms with Crippen LogP contribution < -0.4 is 37.6 Å². The van der Waals surface area contributed by atoms with E-state index in [0.717, 1.165) is 48.6 Å². The van der Waals surface area contributed by atoms with Gasteiger partial charge in [-0.25, -0.2) is 9.97 Å². The third kappa shape index (κ3) is 13.2. The molecule has 6 aliphatic rings. The maximum Gasteiger partial charge on any atom is -0.0134 e. The fraction of sp³-hybridized carbons (Fsp3) is 0.127. The number of nitrogens with two attached hydrogens (primary N) is 1. The normalized spacial score (nSPS) is 16.6. The van der Waals surface area contributed by atoms with Crippen molar-refractivity contribution in [3.63, 3.8) is 0 Å². The number of primary amides is 1. The summed E-state index contributed by atoms with van der Waals surface area (Å²) in [7, 11) is 8.74. The molecule has 2 saturated carbocycles. The number of hydrogen-bond acceptors (Lipinski definition) is 3. The van der Waals surface area contributed by atoms with Crippen LogP contribution in [0.2, 0.25) is 0 Å². The van der Waals surface area contributed by atoms with Gasteiger partial charge in [0.25, 0.3) is 5.91 Å². The maximum absolute atomic E-state index is 11.3. The van der Waals surface area contributed by atoms with E-state index in [2.05, 4.69) is 293 Å². The van der Waals surface area contributed by atoms with Crippen molar-refractivity contribution in [1.82, 2.24) is 19.1 Å². The molecule has 0 radical (unpaired) electrons. The number of halogens is 5. The quantitative estimate of drug-likeness (QED) is 0.0981. The number of hydrogen-bond donors (Lipinski definition) is 1. The van der Waals surface area contributed by atoms with Gasteiger partial charge in [0.15, 0.2) is 0 Å². The van der Waals surface area contributed by atoms with Gasteiger partial charge in [-0.3, -0.25) is 4.79 Å². The predicted octanol–water partition coefficient (Wildman–Crippen LogP) is 15.5. The largest absolute Gasteiger partial charge is 0.0622 e. The summed E-state index contributed by atoms with van der Waals surface area (Å²) in [6.07, 6.45) is 8.77. The van der Waals surface area contributed by atoms with Crippen LogP contribution >= 0.6 is 89.4 Å². The Bertz CT molecular complexity index is 3230. The van der Waals surface area contributed by atoms with Crippen molar-refractivity contribution in [3.05, 3.63) is 260 Å². The van der Waals surface area contributed by atoms with Crippen molar-refractivity contribution in [2.75, 3.05) is 0 Å². The first-order chi connectivity index (χ1) is 37.7. The zero-order chi connectivity index (χ0) is 53.3. The van der Waals surface area contributed by atoms with Crippen molar-refractivity contribution < 1.29 is 20.7 Å². The Morgan fingerprint density at radius 1 is 0.494 bits per heavy atom. The van der Waals surface area contributed by atoms with Crippen LogP contribution in [0, 0.1) is 3.70 Å². The molecule has 77 heavy (non-hydrogen) atoms. The molecule has 8 aromatic carbocycles. The Kier molecular flexibility index (Phi) is 19.3. The molecule has 10 aromatic rings. The molecular formula is C63H52Br2Cl2IN5OP2Pd. The third-order valence-electron chi connectivity index (χ3n) is 14.2. The summed E-state index contributed by atoms with van der Waals surface area (Å²) in [5.74, 6) is 2.91. The van der Waals surface area contributed by atoms with E-state index in [0.29, 0.717) is 23.7 Å². The molecule has 0 spiro atoms. The van der Waals surface area contributed by atoms with Crippen LogP contribution in [0.15, 0.2) is 240 Å². The van der Waals surface area contributed by atoms with Crippen molar-refractivity contribution in [3.8, 4) is 22.8 Å². The first-order valence-corrected chi connectivity index (χ1v) is 34.5. The molecule has 14 heteroatoms. The summed E-state index contributed by atoms with van der Waals surface area (Å²) in [6, 6.07) is 78.7. The number of aromatic nitrogens is 4. The van der Waals surface area contributed by atoms with Crippen LogP contribution in [0.4, 0.5) is 0 Å². The summed E-state index contributed by atoms with van der Waals surface area (Å²) in [5.41, 5.74) is 10.9. The van der Waals surface area contributed by atoms with E-state index in [1.807, 2.05) is 0 Å². The molecule has 6 nitrogen and oxygen atoms in total. The van der Waals surface area contributed by atoms with Crippen molar-refractivity contribution in [2.24, 2.45) is 5.73 Å². The zero-order valence-corrected chi connectivity index (χ0v) is 51.6. The van der Waals surface area contributed by atoms with Gasteiger partial charge in [-0.15, -0.1) is 0 Å². The van der Waals surface area contributed by atoms with Gasteiger partial charge < -0.3 is 14.9 Å². The number of rotatable bonds is 7. The SMILES string of the molecule is Brc1ccc2c(c1)-c1nc(I)cn1C1CC2C1.NC(=O)c1cn2c(n1)-c1cc(Br)ccc1C1CC2C1.[Cl][Pd][Cl].c1ccc(P(c2ccccc2)c2ccccc2)cc1.c1ccc(P(c2ccccc2)c2ccccc2)cc1. The monoisotopic (exact) mass is 1420 g/mol. The van der Waals surface area contributed by atoms with Crippen LogP contribution in [0.1, 0.15) is 71.2 Å². The molecule has 2 aliphatic carbocycles. The number of imidazole rings is 2. The first-order valence-electron chi connectivity index (χ1n) is 25.1. The van der Waals surface area contributed by atoms with Crippen LogP contribution in [-0.4, -0.2) is 25.0 Å². The Hall–Kier alpha value is -4.56. The Labute approximate surface area is 500 Å². The van der Waals surface area contributed by atoms with Crippen molar-refractivity contribution in [1.29, 1.82) is 0 Å². The zero-order valence-electron chi connectivity index (χ0n) is 41.5. The van der Waals surface area contributed by atoms with Gasteiger partial charge in [0, 0.05) is 44.5 Å². The average molecular weight is 1420 g/mol. The van der Waals surface area contributed by atoms with Crippen LogP contribution in [0.3, 0.4) is 0 Å². The number of benzene rings is 8. The summed E-state index contributed by atoms with van der Waals surface area (Å²) in [6.45, 7) is 0. The Morgan fingerprint density at radius 3 is 1.10 bits per heavy atom. The van der Waals surface area contributed by atoms with Gasteiger partial charge in [0.2, 0.25) is 0 Å². The molecule has 0 saturated heterocycles. The second-order valence-corrected chi connectivity index (χ2v) is 28.6. The molecule has 390 valence electrons. The maximum atomic E-state index is 11.3. The fourth-order valence-electron chi connectivity index (χ4n) is 10.5. The second kappa shape index (κ2) is 26.6. The Morgan fingerprint density at radius 2 is 0.792 bits per heavy atom. The van der Waals surface area contributed by atoms with E-state index in [1.54, 1.807) is 6.20 Å². The molecule has 2 fully saturated rings. The van der Waals surface area contributed by atoms with Crippen LogP contribution in [0.25, 0.3) is 22.8 Å². The number of amides is 1. The van der Waals surface area contributed by atoms with Crippen LogP contribution in [-0.2, 0) is 15.9 Å². The van der Waals surface area contributed by atoms with E-state index in [1.165, 1.54) is 61.4 Å². The minimum absolute atomic E-state index is 0.106. The van der Waals surface area contributed by atoms with Crippen molar-refractivity contribution in [2.45, 2.75) is 49.6 Å². The van der Waals surface area contributed by atoms with Gasteiger partial charge in [-0.1, -0.05) is 226 Å². The minimum Gasteiger partial charge on any atom is -0.0622 e. The molecule has 2 N–H and O–H groups in total. The third-order valence-corrected chi connectivity index (χ3v) is 20.6. The van der Waals surface area contributed by atoms with Gasteiger partial charge in [0.05, 0.1) is 0 Å². The summed E-state index contributed by atoms with van der Waals surface area (Å²) < 4.78 is 7.75. The van der Waals surface area contributed by atoms with Crippen LogP contribution in [0.5, 0.6) is 0 Å². The molecule has 6 heterocycles. The van der Waals surface area contributed by atoms with E-state index in [9.17, 15) is 4.79 Å². The van der Waals surface area contributed by atoms with E-state index < -0.39 is 21.8 Å².